The van der Waals surface area contributed by atoms with E-state index in [0.717, 1.165) is 22.7 Å². The lowest BCUT2D eigenvalue weighted by Crippen LogP contribution is -2.14. The van der Waals surface area contributed by atoms with Gasteiger partial charge in [0.15, 0.2) is 17.1 Å². The average molecular weight is 386 g/mol. The normalized spacial score (nSPS) is 12.3. The predicted molar refractivity (Wildman–Crippen MR) is 109 cm³/mol. The number of pyridine rings is 1. The van der Waals surface area contributed by atoms with Crippen molar-refractivity contribution in [2.45, 2.75) is 13.0 Å². The zero-order valence-corrected chi connectivity index (χ0v) is 15.9. The summed E-state index contributed by atoms with van der Waals surface area (Å²) < 4.78 is 7.35. The SMILES string of the molecule is COc1ccc2nc([C@H](C)Nc3ncnc4[nH]cnc34)n(-c3ccccc3)c2n1. The van der Waals surface area contributed by atoms with Crippen molar-refractivity contribution in [3.63, 3.8) is 0 Å². The summed E-state index contributed by atoms with van der Waals surface area (Å²) in [5, 5.41) is 3.41. The van der Waals surface area contributed by atoms with Crippen molar-refractivity contribution in [3.05, 3.63) is 60.9 Å². The second-order valence-corrected chi connectivity index (χ2v) is 6.53. The highest BCUT2D eigenvalue weighted by molar-refractivity contribution is 5.82. The molecule has 9 nitrogen and oxygen atoms in total. The van der Waals surface area contributed by atoms with Crippen molar-refractivity contribution in [1.82, 2.24) is 34.5 Å². The number of anilines is 1. The molecule has 0 saturated heterocycles. The Bertz CT molecular complexity index is 1290. The molecule has 0 aliphatic rings. The molecule has 4 heterocycles. The number of para-hydroxylation sites is 1. The summed E-state index contributed by atoms with van der Waals surface area (Å²) in [4.78, 5) is 25.3. The van der Waals surface area contributed by atoms with E-state index in [-0.39, 0.29) is 6.04 Å². The first-order chi connectivity index (χ1) is 14.2. The first-order valence-electron chi connectivity index (χ1n) is 9.14. The van der Waals surface area contributed by atoms with Crippen LogP contribution in [0.1, 0.15) is 18.8 Å². The predicted octanol–water partition coefficient (Wildman–Crippen LogP) is 3.27. The van der Waals surface area contributed by atoms with Crippen molar-refractivity contribution in [2.75, 3.05) is 12.4 Å². The lowest BCUT2D eigenvalue weighted by molar-refractivity contribution is 0.399. The van der Waals surface area contributed by atoms with E-state index in [9.17, 15) is 0 Å². The number of methoxy groups -OCH3 is 1. The summed E-state index contributed by atoms with van der Waals surface area (Å²) in [6.45, 7) is 2.03. The zero-order valence-electron chi connectivity index (χ0n) is 15.9. The second kappa shape index (κ2) is 6.86. The van der Waals surface area contributed by atoms with E-state index in [1.807, 2.05) is 54.0 Å². The standard InChI is InChI=1S/C20H18N8O/c1-12(25-18-16-17(22-10-21-16)23-11-24-18)19-26-14-8-9-15(29-2)27-20(14)28(19)13-6-4-3-5-7-13/h3-12H,1-2H3,(H2,21,22,23,24,25)/t12-/m0/s1. The van der Waals surface area contributed by atoms with E-state index in [1.54, 1.807) is 13.4 Å². The van der Waals surface area contributed by atoms with Crippen LogP contribution < -0.4 is 10.1 Å². The summed E-state index contributed by atoms with van der Waals surface area (Å²) >= 11 is 0. The van der Waals surface area contributed by atoms with Crippen LogP contribution in [0.3, 0.4) is 0 Å². The molecular formula is C20H18N8O. The molecular weight excluding hydrogens is 368 g/mol. The molecule has 0 spiro atoms. The fraction of sp³-hybridized carbons (Fsp3) is 0.150. The molecule has 1 aromatic carbocycles. The Hall–Kier alpha value is -4.01. The van der Waals surface area contributed by atoms with E-state index >= 15 is 0 Å². The van der Waals surface area contributed by atoms with Crippen molar-refractivity contribution >= 4 is 28.1 Å². The smallest absolute Gasteiger partial charge is 0.215 e. The Labute approximate surface area is 165 Å². The molecule has 0 aliphatic heterocycles. The van der Waals surface area contributed by atoms with Gasteiger partial charge in [-0.3, -0.25) is 4.57 Å². The Morgan fingerprint density at radius 3 is 2.72 bits per heavy atom. The molecule has 2 N–H and O–H groups in total. The topological polar surface area (TPSA) is 106 Å². The summed E-state index contributed by atoms with van der Waals surface area (Å²) in [7, 11) is 1.60. The minimum atomic E-state index is -0.176. The zero-order chi connectivity index (χ0) is 19.8. The van der Waals surface area contributed by atoms with Crippen LogP contribution in [0, 0.1) is 0 Å². The van der Waals surface area contributed by atoms with Crippen LogP contribution in [0.2, 0.25) is 0 Å². The molecule has 0 saturated carbocycles. The van der Waals surface area contributed by atoms with Gasteiger partial charge in [-0.05, 0) is 25.1 Å². The van der Waals surface area contributed by atoms with Crippen LogP contribution in [0.25, 0.3) is 28.0 Å². The third-order valence-corrected chi connectivity index (χ3v) is 4.69. The van der Waals surface area contributed by atoms with E-state index in [4.69, 9.17) is 9.72 Å². The maximum absolute atomic E-state index is 5.32. The maximum Gasteiger partial charge on any atom is 0.215 e. The Kier molecular flexibility index (Phi) is 4.05. The highest BCUT2D eigenvalue weighted by atomic mass is 16.5. The van der Waals surface area contributed by atoms with Crippen LogP contribution in [-0.2, 0) is 0 Å². The van der Waals surface area contributed by atoms with E-state index in [1.165, 1.54) is 6.33 Å². The van der Waals surface area contributed by atoms with Crippen LogP contribution in [-0.4, -0.2) is 41.6 Å². The molecule has 0 amide bonds. The number of H-pyrrole nitrogens is 1. The largest absolute Gasteiger partial charge is 0.481 e. The van der Waals surface area contributed by atoms with Gasteiger partial charge in [-0.25, -0.2) is 19.9 Å². The number of aromatic amines is 1. The molecule has 0 aliphatic carbocycles. The quantitative estimate of drug-likeness (QED) is 0.477. The minimum Gasteiger partial charge on any atom is -0.481 e. The molecule has 144 valence electrons. The minimum absolute atomic E-state index is 0.176. The van der Waals surface area contributed by atoms with E-state index in [2.05, 4.69) is 30.2 Å². The molecule has 5 aromatic rings. The maximum atomic E-state index is 5.32. The first-order valence-corrected chi connectivity index (χ1v) is 9.14. The van der Waals surface area contributed by atoms with E-state index in [0.29, 0.717) is 22.9 Å². The highest BCUT2D eigenvalue weighted by Gasteiger charge is 2.21. The number of imidazole rings is 2. The van der Waals surface area contributed by atoms with Crippen LogP contribution in [0.5, 0.6) is 5.88 Å². The summed E-state index contributed by atoms with van der Waals surface area (Å²) in [5.41, 5.74) is 3.84. The number of nitrogens with zero attached hydrogens (tertiary/aromatic N) is 6. The van der Waals surface area contributed by atoms with Crippen molar-refractivity contribution in [3.8, 4) is 11.6 Å². The number of rotatable bonds is 5. The molecule has 4 aromatic heterocycles. The summed E-state index contributed by atoms with van der Waals surface area (Å²) in [6, 6.07) is 13.5. The van der Waals surface area contributed by atoms with Crippen LogP contribution in [0.15, 0.2) is 55.1 Å². The van der Waals surface area contributed by atoms with Crippen molar-refractivity contribution in [2.24, 2.45) is 0 Å². The Morgan fingerprint density at radius 1 is 1.03 bits per heavy atom. The van der Waals surface area contributed by atoms with Gasteiger partial charge in [-0.1, -0.05) is 18.2 Å². The van der Waals surface area contributed by atoms with Gasteiger partial charge >= 0.3 is 0 Å². The van der Waals surface area contributed by atoms with Crippen molar-refractivity contribution in [1.29, 1.82) is 0 Å². The van der Waals surface area contributed by atoms with Gasteiger partial charge in [-0.2, -0.15) is 4.98 Å². The third-order valence-electron chi connectivity index (χ3n) is 4.69. The summed E-state index contributed by atoms with van der Waals surface area (Å²) in [5.74, 6) is 1.98. The van der Waals surface area contributed by atoms with E-state index < -0.39 is 0 Å². The van der Waals surface area contributed by atoms with Gasteiger partial charge < -0.3 is 15.0 Å². The lowest BCUT2D eigenvalue weighted by Gasteiger charge is -2.16. The Balaban J connectivity index is 1.64. The highest BCUT2D eigenvalue weighted by Crippen LogP contribution is 2.28. The van der Waals surface area contributed by atoms with Gasteiger partial charge in [0.1, 0.15) is 23.2 Å². The molecule has 0 fully saturated rings. The molecule has 0 bridgehead atoms. The van der Waals surface area contributed by atoms with Gasteiger partial charge in [0.2, 0.25) is 5.88 Å². The number of nitrogens with one attached hydrogen (secondary N) is 2. The number of benzene rings is 1. The number of aromatic nitrogens is 7. The van der Waals surface area contributed by atoms with Gasteiger partial charge in [0.25, 0.3) is 0 Å². The van der Waals surface area contributed by atoms with Gasteiger partial charge in [0.05, 0.1) is 19.5 Å². The fourth-order valence-corrected chi connectivity index (χ4v) is 3.33. The van der Waals surface area contributed by atoms with Gasteiger partial charge in [0, 0.05) is 11.8 Å². The first kappa shape index (κ1) is 17.1. The lowest BCUT2D eigenvalue weighted by atomic mass is 10.2. The number of fused-ring (bicyclic) bond motifs is 2. The molecule has 0 radical (unpaired) electrons. The van der Waals surface area contributed by atoms with Crippen molar-refractivity contribution < 1.29 is 4.74 Å². The average Bonchev–Trinajstić information content (AvgIpc) is 3.39. The number of ether oxygens (including phenoxy) is 1. The molecule has 9 heteroatoms. The number of hydrogen-bond acceptors (Lipinski definition) is 7. The van der Waals surface area contributed by atoms with Crippen LogP contribution in [0.4, 0.5) is 5.82 Å². The molecule has 0 unspecified atom stereocenters. The monoisotopic (exact) mass is 386 g/mol. The van der Waals surface area contributed by atoms with Crippen LogP contribution >= 0.6 is 0 Å². The second-order valence-electron chi connectivity index (χ2n) is 6.53. The molecule has 1 atom stereocenters. The Morgan fingerprint density at radius 2 is 1.90 bits per heavy atom. The molecule has 29 heavy (non-hydrogen) atoms. The van der Waals surface area contributed by atoms with Gasteiger partial charge in [-0.15, -0.1) is 0 Å². The molecule has 5 rings (SSSR count). The fourth-order valence-electron chi connectivity index (χ4n) is 3.33. The number of hydrogen-bond donors (Lipinski definition) is 2. The third kappa shape index (κ3) is 2.92. The summed E-state index contributed by atoms with van der Waals surface area (Å²) in [6.07, 6.45) is 3.10.